The number of carbonyl (C=O) groups is 1. The van der Waals surface area contributed by atoms with Crippen LogP contribution in [0.2, 0.25) is 0 Å². The number of hydrogen-bond acceptors (Lipinski definition) is 6. The number of halogens is 1. The molecule has 0 radical (unpaired) electrons. The van der Waals surface area contributed by atoms with Gasteiger partial charge in [0.1, 0.15) is 11.9 Å². The molecule has 0 bridgehead atoms. The van der Waals surface area contributed by atoms with Crippen LogP contribution in [-0.4, -0.2) is 26.2 Å². The lowest BCUT2D eigenvalue weighted by molar-refractivity contribution is -0.299. The van der Waals surface area contributed by atoms with Crippen molar-refractivity contribution in [3.05, 3.63) is 47.4 Å². The van der Waals surface area contributed by atoms with Gasteiger partial charge < -0.3 is 15.2 Å². The van der Waals surface area contributed by atoms with Gasteiger partial charge in [-0.1, -0.05) is 17.2 Å². The summed E-state index contributed by atoms with van der Waals surface area (Å²) >= 11 is 0. The second-order valence-corrected chi connectivity index (χ2v) is 3.94. The van der Waals surface area contributed by atoms with Crippen LogP contribution in [0, 0.1) is 5.82 Å². The van der Waals surface area contributed by atoms with Crippen molar-refractivity contribution in [1.29, 1.82) is 0 Å². The summed E-state index contributed by atoms with van der Waals surface area (Å²) in [6.07, 6.45) is 1.41. The SMILES string of the molecule is O=C([O-])C1=C[C@@H](c2ccc(F)cc2)n2nnnc2N1. The fraction of sp³-hybridized carbons (Fsp3) is 0.0909. The molecule has 0 spiro atoms. The maximum absolute atomic E-state index is 12.9. The Morgan fingerprint density at radius 1 is 1.37 bits per heavy atom. The third kappa shape index (κ3) is 1.92. The van der Waals surface area contributed by atoms with Crippen LogP contribution in [0.1, 0.15) is 11.6 Å². The minimum Gasteiger partial charge on any atom is -0.543 e. The second kappa shape index (κ2) is 4.16. The van der Waals surface area contributed by atoms with Gasteiger partial charge in [-0.05, 0) is 34.2 Å². The molecular weight excluding hydrogens is 253 g/mol. The number of tetrazole rings is 1. The van der Waals surface area contributed by atoms with Crippen LogP contribution >= 0.6 is 0 Å². The first-order valence-electron chi connectivity index (χ1n) is 5.38. The maximum atomic E-state index is 12.9. The van der Waals surface area contributed by atoms with Crippen molar-refractivity contribution in [2.75, 3.05) is 5.32 Å². The molecular formula is C11H7FN5O2-. The first kappa shape index (κ1) is 11.3. The number of carboxylic acid groups (broad SMARTS) is 1. The largest absolute Gasteiger partial charge is 0.543 e. The van der Waals surface area contributed by atoms with Crippen LogP contribution in [-0.2, 0) is 4.79 Å². The van der Waals surface area contributed by atoms with E-state index < -0.39 is 12.0 Å². The highest BCUT2D eigenvalue weighted by Gasteiger charge is 2.23. The fourth-order valence-corrected chi connectivity index (χ4v) is 1.87. The molecule has 1 N–H and O–H groups in total. The Morgan fingerprint density at radius 2 is 2.11 bits per heavy atom. The molecule has 0 aliphatic carbocycles. The summed E-state index contributed by atoms with van der Waals surface area (Å²) in [6, 6.07) is 5.13. The summed E-state index contributed by atoms with van der Waals surface area (Å²) < 4.78 is 14.3. The van der Waals surface area contributed by atoms with E-state index in [9.17, 15) is 14.3 Å². The van der Waals surface area contributed by atoms with E-state index in [1.54, 1.807) is 12.1 Å². The van der Waals surface area contributed by atoms with Gasteiger partial charge in [0.2, 0.25) is 5.95 Å². The fourth-order valence-electron chi connectivity index (χ4n) is 1.87. The molecule has 1 aromatic heterocycles. The van der Waals surface area contributed by atoms with Crippen molar-refractivity contribution in [2.45, 2.75) is 6.04 Å². The summed E-state index contributed by atoms with van der Waals surface area (Å²) in [6.45, 7) is 0. The van der Waals surface area contributed by atoms with Crippen molar-refractivity contribution in [3.63, 3.8) is 0 Å². The highest BCUT2D eigenvalue weighted by molar-refractivity contribution is 5.88. The number of fused-ring (bicyclic) bond motifs is 1. The Morgan fingerprint density at radius 3 is 2.79 bits per heavy atom. The zero-order valence-electron chi connectivity index (χ0n) is 9.45. The Labute approximate surface area is 106 Å². The lowest BCUT2D eigenvalue weighted by Gasteiger charge is -2.23. The molecule has 0 saturated carbocycles. The molecule has 0 amide bonds. The quantitative estimate of drug-likeness (QED) is 0.779. The number of aromatic nitrogens is 4. The molecule has 8 heteroatoms. The Kier molecular flexibility index (Phi) is 2.48. The molecule has 1 aromatic carbocycles. The van der Waals surface area contributed by atoms with E-state index in [0.717, 1.165) is 0 Å². The molecule has 2 heterocycles. The monoisotopic (exact) mass is 260 g/mol. The van der Waals surface area contributed by atoms with E-state index >= 15 is 0 Å². The molecule has 96 valence electrons. The standard InChI is InChI=1S/C11H8FN5O2/c12-7-3-1-6(2-4-7)9-5-8(10(18)19)13-11-14-15-16-17(9)11/h1-5,9H,(H,18,19)(H,13,14,16)/p-1/t9-/m0/s1. The van der Waals surface area contributed by atoms with Crippen LogP contribution in [0.3, 0.4) is 0 Å². The minimum absolute atomic E-state index is 0.128. The van der Waals surface area contributed by atoms with Crippen molar-refractivity contribution in [1.82, 2.24) is 20.2 Å². The van der Waals surface area contributed by atoms with Crippen LogP contribution < -0.4 is 10.4 Å². The third-order valence-corrected chi connectivity index (χ3v) is 2.76. The van der Waals surface area contributed by atoms with Crippen LogP contribution in [0.15, 0.2) is 36.0 Å². The normalized spacial score (nSPS) is 17.3. The number of rotatable bonds is 2. The van der Waals surface area contributed by atoms with Crippen molar-refractivity contribution in [2.24, 2.45) is 0 Å². The molecule has 0 fully saturated rings. The number of nitrogens with one attached hydrogen (secondary N) is 1. The van der Waals surface area contributed by atoms with Gasteiger partial charge >= 0.3 is 0 Å². The Hall–Kier alpha value is -2.77. The van der Waals surface area contributed by atoms with Gasteiger partial charge in [0, 0.05) is 0 Å². The van der Waals surface area contributed by atoms with Gasteiger partial charge in [0.15, 0.2) is 0 Å². The molecule has 1 atom stereocenters. The zero-order chi connectivity index (χ0) is 13.4. The van der Waals surface area contributed by atoms with Gasteiger partial charge in [0.05, 0.1) is 11.7 Å². The lowest BCUT2D eigenvalue weighted by atomic mass is 10.0. The molecule has 0 saturated heterocycles. The molecule has 0 unspecified atom stereocenters. The Balaban J connectivity index is 2.09. The maximum Gasteiger partial charge on any atom is 0.248 e. The van der Waals surface area contributed by atoms with E-state index in [-0.39, 0.29) is 17.5 Å². The van der Waals surface area contributed by atoms with Gasteiger partial charge in [0.25, 0.3) is 0 Å². The minimum atomic E-state index is -1.36. The highest BCUT2D eigenvalue weighted by Crippen LogP contribution is 2.27. The number of aliphatic carboxylic acids is 1. The van der Waals surface area contributed by atoms with Crippen molar-refractivity contribution >= 4 is 11.9 Å². The smallest absolute Gasteiger partial charge is 0.248 e. The van der Waals surface area contributed by atoms with Crippen molar-refractivity contribution < 1.29 is 14.3 Å². The first-order valence-corrected chi connectivity index (χ1v) is 5.38. The van der Waals surface area contributed by atoms with E-state index in [4.69, 9.17) is 0 Å². The number of carboxylic acids is 1. The van der Waals surface area contributed by atoms with E-state index in [2.05, 4.69) is 20.8 Å². The molecule has 19 heavy (non-hydrogen) atoms. The average Bonchev–Trinajstić information content (AvgIpc) is 2.86. The van der Waals surface area contributed by atoms with Crippen LogP contribution in [0.25, 0.3) is 0 Å². The van der Waals surface area contributed by atoms with Crippen LogP contribution in [0.4, 0.5) is 10.3 Å². The molecule has 2 aromatic rings. The summed E-state index contributed by atoms with van der Waals surface area (Å²) in [7, 11) is 0. The number of allylic oxidation sites excluding steroid dienone is 1. The predicted molar refractivity (Wildman–Crippen MR) is 59.1 cm³/mol. The average molecular weight is 260 g/mol. The number of anilines is 1. The third-order valence-electron chi connectivity index (χ3n) is 2.76. The zero-order valence-corrected chi connectivity index (χ0v) is 9.45. The second-order valence-electron chi connectivity index (χ2n) is 3.94. The number of benzene rings is 1. The number of hydrogen-bond donors (Lipinski definition) is 1. The lowest BCUT2D eigenvalue weighted by Crippen LogP contribution is -2.32. The molecule has 1 aliphatic heterocycles. The topological polar surface area (TPSA) is 95.8 Å². The summed E-state index contributed by atoms with van der Waals surface area (Å²) in [5.74, 6) is -1.55. The summed E-state index contributed by atoms with van der Waals surface area (Å²) in [5, 5.41) is 24.4. The predicted octanol–water partition coefficient (Wildman–Crippen LogP) is -0.539. The number of nitrogens with zero attached hydrogens (tertiary/aromatic N) is 4. The summed E-state index contributed by atoms with van der Waals surface area (Å²) in [4.78, 5) is 10.9. The van der Waals surface area contributed by atoms with Crippen molar-refractivity contribution in [3.8, 4) is 0 Å². The highest BCUT2D eigenvalue weighted by atomic mass is 19.1. The van der Waals surface area contributed by atoms with Gasteiger partial charge in [-0.15, -0.1) is 0 Å². The van der Waals surface area contributed by atoms with E-state index in [1.807, 2.05) is 0 Å². The van der Waals surface area contributed by atoms with Gasteiger partial charge in [-0.3, -0.25) is 0 Å². The van der Waals surface area contributed by atoms with E-state index in [0.29, 0.717) is 5.56 Å². The molecule has 7 nitrogen and oxygen atoms in total. The van der Waals surface area contributed by atoms with Crippen LogP contribution in [0.5, 0.6) is 0 Å². The molecule has 3 rings (SSSR count). The summed E-state index contributed by atoms with van der Waals surface area (Å²) in [5.41, 5.74) is 0.534. The first-order chi connectivity index (χ1) is 9.15. The van der Waals surface area contributed by atoms with E-state index in [1.165, 1.54) is 22.9 Å². The van der Waals surface area contributed by atoms with Gasteiger partial charge in [-0.25, -0.2) is 4.39 Å². The molecule has 1 aliphatic rings. The number of carbonyl (C=O) groups excluding carboxylic acids is 1. The van der Waals surface area contributed by atoms with Gasteiger partial charge in [-0.2, -0.15) is 4.68 Å². The Bertz CT molecular complexity index is 664.